The Labute approximate surface area is 171 Å². The summed E-state index contributed by atoms with van der Waals surface area (Å²) in [4.78, 5) is 26.7. The summed E-state index contributed by atoms with van der Waals surface area (Å²) >= 11 is 6.43. The van der Waals surface area contributed by atoms with E-state index in [-0.39, 0.29) is 30.4 Å². The van der Waals surface area contributed by atoms with Gasteiger partial charge in [-0.1, -0.05) is 37.6 Å². The fourth-order valence-electron chi connectivity index (χ4n) is 2.81. The Hall–Kier alpha value is -2.37. The van der Waals surface area contributed by atoms with E-state index in [1.165, 1.54) is 0 Å². The van der Waals surface area contributed by atoms with Crippen molar-refractivity contribution in [2.75, 3.05) is 18.6 Å². The molecule has 2 rings (SSSR count). The van der Waals surface area contributed by atoms with Gasteiger partial charge in [-0.15, -0.1) is 0 Å². The van der Waals surface area contributed by atoms with Crippen LogP contribution >= 0.6 is 11.6 Å². The number of benzene rings is 2. The third-order valence-electron chi connectivity index (χ3n) is 4.48. The van der Waals surface area contributed by atoms with Crippen LogP contribution in [0.1, 0.15) is 36.7 Å². The highest BCUT2D eigenvalue weighted by Gasteiger charge is 2.19. The Kier molecular flexibility index (Phi) is 7.22. The molecule has 2 aromatic carbocycles. The van der Waals surface area contributed by atoms with Crippen molar-refractivity contribution < 1.29 is 14.7 Å². The van der Waals surface area contributed by atoms with Crippen LogP contribution in [0.15, 0.2) is 36.4 Å². The molecule has 2 aromatic rings. The molecule has 0 saturated heterocycles. The average Bonchev–Trinajstić information content (AvgIpc) is 2.66. The second-order valence-corrected chi connectivity index (χ2v) is 7.77. The quantitative estimate of drug-likeness (QED) is 0.765. The van der Waals surface area contributed by atoms with Crippen LogP contribution < -0.4 is 10.2 Å². The molecule has 0 heterocycles. The van der Waals surface area contributed by atoms with Crippen LogP contribution in [0.25, 0.3) is 11.1 Å². The van der Waals surface area contributed by atoms with Gasteiger partial charge in [-0.05, 0) is 49.2 Å². The van der Waals surface area contributed by atoms with Crippen LogP contribution in [0.2, 0.25) is 5.02 Å². The Morgan fingerprint density at radius 3 is 2.39 bits per heavy atom. The number of hydrogen-bond donors (Lipinski definition) is 2. The van der Waals surface area contributed by atoms with Crippen LogP contribution in [0.3, 0.4) is 0 Å². The molecule has 28 heavy (non-hydrogen) atoms. The Balaban J connectivity index is 2.58. The minimum Gasteiger partial charge on any atom is -0.394 e. The molecule has 0 saturated carbocycles. The van der Waals surface area contributed by atoms with Gasteiger partial charge in [0.2, 0.25) is 5.91 Å². The summed E-state index contributed by atoms with van der Waals surface area (Å²) in [5.41, 5.74) is 3.56. The van der Waals surface area contributed by atoms with Crippen molar-refractivity contribution in [3.63, 3.8) is 0 Å². The predicted molar refractivity (Wildman–Crippen MR) is 114 cm³/mol. The van der Waals surface area contributed by atoms with Crippen LogP contribution in [-0.2, 0) is 4.79 Å². The highest BCUT2D eigenvalue weighted by molar-refractivity contribution is 6.33. The Morgan fingerprint density at radius 2 is 1.82 bits per heavy atom. The molecule has 6 heteroatoms. The van der Waals surface area contributed by atoms with E-state index >= 15 is 0 Å². The molecular formula is C22H27ClN2O3. The maximum atomic E-state index is 12.7. The zero-order valence-corrected chi connectivity index (χ0v) is 17.7. The molecule has 2 amide bonds. The van der Waals surface area contributed by atoms with Crippen molar-refractivity contribution in [2.24, 2.45) is 5.92 Å². The van der Waals surface area contributed by atoms with Crippen molar-refractivity contribution in [1.29, 1.82) is 0 Å². The summed E-state index contributed by atoms with van der Waals surface area (Å²) in [6.07, 6.45) is 0. The normalized spacial score (nSPS) is 12.0. The molecule has 1 atom stereocenters. The number of halogens is 1. The van der Waals surface area contributed by atoms with Crippen molar-refractivity contribution in [1.82, 2.24) is 5.32 Å². The molecule has 0 aliphatic carbocycles. The van der Waals surface area contributed by atoms with Gasteiger partial charge < -0.3 is 15.3 Å². The first-order chi connectivity index (χ1) is 13.1. The van der Waals surface area contributed by atoms with Crippen molar-refractivity contribution >= 4 is 29.1 Å². The van der Waals surface area contributed by atoms with Gasteiger partial charge in [0.1, 0.15) is 0 Å². The molecule has 150 valence electrons. The molecule has 0 spiro atoms. The van der Waals surface area contributed by atoms with Crippen molar-refractivity contribution in [3.8, 4) is 11.1 Å². The van der Waals surface area contributed by atoms with E-state index in [9.17, 15) is 14.7 Å². The summed E-state index contributed by atoms with van der Waals surface area (Å²) in [5, 5.41) is 12.5. The molecule has 1 unspecified atom stereocenters. The third kappa shape index (κ3) is 5.12. The number of nitrogens with zero attached hydrogens (tertiary/aromatic N) is 1. The van der Waals surface area contributed by atoms with Gasteiger partial charge in [0.05, 0.1) is 6.61 Å². The lowest BCUT2D eigenvalue weighted by atomic mass is 9.99. The lowest BCUT2D eigenvalue weighted by Crippen LogP contribution is -2.35. The SMILES string of the molecule is Cc1ccc(-c2cc(C(=O)NC(C)CO)cc(N(C)C(=O)C(C)C)c2)c(Cl)c1. The fourth-order valence-corrected chi connectivity index (χ4v) is 3.16. The van der Waals surface area contributed by atoms with Gasteiger partial charge in [0, 0.05) is 40.8 Å². The minimum atomic E-state index is -0.377. The molecule has 0 fully saturated rings. The minimum absolute atomic E-state index is 0.0535. The molecule has 5 nitrogen and oxygen atoms in total. The molecule has 0 radical (unpaired) electrons. The van der Waals surface area contributed by atoms with E-state index in [0.717, 1.165) is 16.7 Å². The van der Waals surface area contributed by atoms with Gasteiger partial charge >= 0.3 is 0 Å². The van der Waals surface area contributed by atoms with Crippen LogP contribution in [-0.4, -0.2) is 36.6 Å². The Bertz CT molecular complexity index is 880. The first-order valence-electron chi connectivity index (χ1n) is 9.25. The van der Waals surface area contributed by atoms with E-state index in [0.29, 0.717) is 16.3 Å². The predicted octanol–water partition coefficient (Wildman–Crippen LogP) is 4.04. The number of nitrogens with one attached hydrogen (secondary N) is 1. The smallest absolute Gasteiger partial charge is 0.251 e. The summed E-state index contributed by atoms with van der Waals surface area (Å²) in [7, 11) is 1.69. The topological polar surface area (TPSA) is 69.6 Å². The maximum absolute atomic E-state index is 12.7. The number of rotatable bonds is 6. The van der Waals surface area contributed by atoms with E-state index in [4.69, 9.17) is 11.6 Å². The number of aliphatic hydroxyl groups is 1. The molecular weight excluding hydrogens is 376 g/mol. The van der Waals surface area contributed by atoms with Crippen LogP contribution in [0.4, 0.5) is 5.69 Å². The molecule has 0 aliphatic heterocycles. The van der Waals surface area contributed by atoms with Gasteiger partial charge in [0.15, 0.2) is 0 Å². The lowest BCUT2D eigenvalue weighted by Gasteiger charge is -2.22. The number of carbonyl (C=O) groups is 2. The van der Waals surface area contributed by atoms with Gasteiger partial charge in [0.25, 0.3) is 5.91 Å². The number of carbonyl (C=O) groups excluding carboxylic acids is 2. The second-order valence-electron chi connectivity index (χ2n) is 7.36. The third-order valence-corrected chi connectivity index (χ3v) is 4.79. The highest BCUT2D eigenvalue weighted by Crippen LogP contribution is 2.32. The number of anilines is 1. The van der Waals surface area contributed by atoms with Crippen LogP contribution in [0, 0.1) is 12.8 Å². The van der Waals surface area contributed by atoms with E-state index in [1.807, 2.05) is 45.0 Å². The van der Waals surface area contributed by atoms with Crippen molar-refractivity contribution in [2.45, 2.75) is 33.7 Å². The van der Waals surface area contributed by atoms with E-state index < -0.39 is 0 Å². The summed E-state index contributed by atoms with van der Waals surface area (Å²) in [6, 6.07) is 10.6. The summed E-state index contributed by atoms with van der Waals surface area (Å²) < 4.78 is 0. The second kappa shape index (κ2) is 9.22. The van der Waals surface area contributed by atoms with Crippen LogP contribution in [0.5, 0.6) is 0 Å². The van der Waals surface area contributed by atoms with E-state index in [2.05, 4.69) is 5.32 Å². The standard InChI is InChI=1S/C22H27ClN2O3/c1-13(2)22(28)25(5)18-10-16(19-7-6-14(3)8-20(19)23)9-17(11-18)21(27)24-15(4)12-26/h6-11,13,15,26H,12H2,1-5H3,(H,24,27). The zero-order valence-electron chi connectivity index (χ0n) is 16.9. The summed E-state index contributed by atoms with van der Waals surface area (Å²) in [6.45, 7) is 7.17. The number of aryl methyl sites for hydroxylation is 1. The molecule has 0 aromatic heterocycles. The number of aliphatic hydroxyl groups excluding tert-OH is 1. The first kappa shape index (κ1) is 21.9. The lowest BCUT2D eigenvalue weighted by molar-refractivity contribution is -0.121. The fraction of sp³-hybridized carbons (Fsp3) is 0.364. The van der Waals surface area contributed by atoms with Gasteiger partial charge in [-0.25, -0.2) is 0 Å². The Morgan fingerprint density at radius 1 is 1.14 bits per heavy atom. The number of amides is 2. The molecule has 0 bridgehead atoms. The molecule has 0 aliphatic rings. The average molecular weight is 403 g/mol. The van der Waals surface area contributed by atoms with Gasteiger partial charge in [-0.2, -0.15) is 0 Å². The number of hydrogen-bond acceptors (Lipinski definition) is 3. The maximum Gasteiger partial charge on any atom is 0.251 e. The molecule has 2 N–H and O–H groups in total. The monoisotopic (exact) mass is 402 g/mol. The highest BCUT2D eigenvalue weighted by atomic mass is 35.5. The first-order valence-corrected chi connectivity index (χ1v) is 9.62. The van der Waals surface area contributed by atoms with E-state index in [1.54, 1.807) is 31.0 Å². The summed E-state index contributed by atoms with van der Waals surface area (Å²) in [5.74, 6) is -0.552. The largest absolute Gasteiger partial charge is 0.394 e. The van der Waals surface area contributed by atoms with Gasteiger partial charge in [-0.3, -0.25) is 9.59 Å². The zero-order chi connectivity index (χ0) is 21.0. The van der Waals surface area contributed by atoms with Crippen molar-refractivity contribution in [3.05, 3.63) is 52.5 Å².